The molecule has 0 aliphatic heterocycles. The molecule has 0 unspecified atom stereocenters. The highest BCUT2D eigenvalue weighted by Crippen LogP contribution is 1.79. The second-order valence-electron chi connectivity index (χ2n) is 1.65. The van der Waals surface area contributed by atoms with Crippen molar-refractivity contribution in [2.24, 2.45) is 0 Å². The zero-order chi connectivity index (χ0) is 9.82. The second-order valence-corrected chi connectivity index (χ2v) is 1.65. The van der Waals surface area contributed by atoms with E-state index < -0.39 is 0 Å². The van der Waals surface area contributed by atoms with Gasteiger partial charge in [0.25, 0.3) is 0 Å². The van der Waals surface area contributed by atoms with E-state index in [1.54, 1.807) is 6.08 Å². The molecule has 2 nitrogen and oxygen atoms in total. The first-order chi connectivity index (χ1) is 5.72. The molecule has 0 spiro atoms. The molecular formula is C10H14O2. The van der Waals surface area contributed by atoms with Gasteiger partial charge < -0.3 is 4.74 Å². The van der Waals surface area contributed by atoms with E-state index in [0.717, 1.165) is 6.08 Å². The molecule has 0 saturated carbocycles. The summed E-state index contributed by atoms with van der Waals surface area (Å²) in [6.07, 6.45) is 4.71. The van der Waals surface area contributed by atoms with Gasteiger partial charge in [0.1, 0.15) is 6.61 Å². The van der Waals surface area contributed by atoms with Gasteiger partial charge in [-0.15, -0.1) is 5.73 Å². The Morgan fingerprint density at radius 3 is 2.42 bits per heavy atom. The second kappa shape index (κ2) is 12.2. The van der Waals surface area contributed by atoms with Crippen LogP contribution in [0.3, 0.4) is 0 Å². The summed E-state index contributed by atoms with van der Waals surface area (Å²) in [6.45, 7) is 11.7. The molecule has 0 N–H and O–H groups in total. The molecule has 0 heterocycles. The van der Waals surface area contributed by atoms with Crippen LogP contribution in [0.15, 0.2) is 43.7 Å². The molecule has 66 valence electrons. The van der Waals surface area contributed by atoms with E-state index in [1.165, 1.54) is 0 Å². The van der Waals surface area contributed by atoms with Crippen LogP contribution in [0.2, 0.25) is 0 Å². The molecule has 0 aliphatic carbocycles. The van der Waals surface area contributed by atoms with Crippen LogP contribution in [0.4, 0.5) is 0 Å². The number of ether oxygens (including phenoxy) is 1. The molecule has 0 aromatic rings. The van der Waals surface area contributed by atoms with Gasteiger partial charge in [-0.2, -0.15) is 0 Å². The lowest BCUT2D eigenvalue weighted by atomic mass is 10.5. The third kappa shape index (κ3) is 15.8. The molecular weight excluding hydrogens is 152 g/mol. The van der Waals surface area contributed by atoms with Gasteiger partial charge in [0.15, 0.2) is 0 Å². The predicted molar refractivity (Wildman–Crippen MR) is 50.7 cm³/mol. The van der Waals surface area contributed by atoms with E-state index >= 15 is 0 Å². The lowest BCUT2D eigenvalue weighted by Gasteiger charge is -1.93. The maximum atomic E-state index is 10.3. The van der Waals surface area contributed by atoms with Crippen LogP contribution < -0.4 is 0 Å². The molecule has 0 rings (SSSR count). The van der Waals surface area contributed by atoms with E-state index in [9.17, 15) is 4.79 Å². The standard InChI is InChI=1S/C7H10O2.C3H4/c1-3-5-6-9-7(8)4-2;1-3-2/h3-5H,2,6H2,1H3;1-2H2. The highest BCUT2D eigenvalue weighted by molar-refractivity contribution is 5.81. The largest absolute Gasteiger partial charge is 0.458 e. The van der Waals surface area contributed by atoms with Crippen molar-refractivity contribution in [2.75, 3.05) is 6.61 Å². The van der Waals surface area contributed by atoms with Crippen LogP contribution in [0, 0.1) is 0 Å². The average molecular weight is 166 g/mol. The lowest BCUT2D eigenvalue weighted by Crippen LogP contribution is -1.98. The van der Waals surface area contributed by atoms with Crippen LogP contribution in [0.1, 0.15) is 6.92 Å². The van der Waals surface area contributed by atoms with Crippen LogP contribution >= 0.6 is 0 Å². The Kier molecular flexibility index (Phi) is 13.3. The van der Waals surface area contributed by atoms with Crippen molar-refractivity contribution in [1.82, 2.24) is 0 Å². The van der Waals surface area contributed by atoms with Gasteiger partial charge >= 0.3 is 5.97 Å². The van der Waals surface area contributed by atoms with Crippen molar-refractivity contribution < 1.29 is 9.53 Å². The SMILES string of the molecule is C=C=C.C=CC(=O)OCC=CC. The Hall–Kier alpha value is -1.53. The normalized spacial score (nSPS) is 7.75. The summed E-state index contributed by atoms with van der Waals surface area (Å²) in [4.78, 5) is 10.3. The Bertz CT molecular complexity index is 184. The average Bonchev–Trinajstić information content (AvgIpc) is 2.06. The Morgan fingerprint density at radius 2 is 2.08 bits per heavy atom. The van der Waals surface area contributed by atoms with E-state index in [-0.39, 0.29) is 5.97 Å². The van der Waals surface area contributed by atoms with Gasteiger partial charge in [-0.05, 0) is 6.92 Å². The lowest BCUT2D eigenvalue weighted by molar-refractivity contribution is -0.136. The fourth-order valence-electron chi connectivity index (χ4n) is 0.285. The molecule has 0 atom stereocenters. The highest BCUT2D eigenvalue weighted by Gasteiger charge is 1.88. The van der Waals surface area contributed by atoms with Crippen molar-refractivity contribution in [3.05, 3.63) is 43.7 Å². The Labute approximate surface area is 73.5 Å². The van der Waals surface area contributed by atoms with E-state index in [1.807, 2.05) is 13.0 Å². The third-order valence-corrected chi connectivity index (χ3v) is 0.724. The van der Waals surface area contributed by atoms with Crippen LogP contribution in [-0.2, 0) is 9.53 Å². The minimum atomic E-state index is -0.381. The van der Waals surface area contributed by atoms with Gasteiger partial charge in [-0.3, -0.25) is 0 Å². The molecule has 0 aromatic heterocycles. The van der Waals surface area contributed by atoms with Crippen LogP contribution in [0.25, 0.3) is 0 Å². The number of hydrogen-bond acceptors (Lipinski definition) is 2. The van der Waals surface area contributed by atoms with Crippen LogP contribution in [0.5, 0.6) is 0 Å². The molecule has 0 bridgehead atoms. The summed E-state index contributed by atoms with van der Waals surface area (Å²) in [5.41, 5.74) is 2.25. The maximum absolute atomic E-state index is 10.3. The fourth-order valence-corrected chi connectivity index (χ4v) is 0.285. The molecule has 0 fully saturated rings. The van der Waals surface area contributed by atoms with Gasteiger partial charge in [-0.1, -0.05) is 31.9 Å². The first-order valence-corrected chi connectivity index (χ1v) is 3.42. The smallest absolute Gasteiger partial charge is 0.330 e. The van der Waals surface area contributed by atoms with Crippen molar-refractivity contribution >= 4 is 5.97 Å². The zero-order valence-electron chi connectivity index (χ0n) is 7.38. The zero-order valence-corrected chi connectivity index (χ0v) is 7.38. The van der Waals surface area contributed by atoms with E-state index in [0.29, 0.717) is 6.61 Å². The Morgan fingerprint density at radius 1 is 1.58 bits per heavy atom. The molecule has 0 radical (unpaired) electrons. The van der Waals surface area contributed by atoms with Crippen molar-refractivity contribution in [3.8, 4) is 0 Å². The quantitative estimate of drug-likeness (QED) is 0.278. The molecule has 0 saturated heterocycles. The topological polar surface area (TPSA) is 26.3 Å². The summed E-state index contributed by atoms with van der Waals surface area (Å²) in [6, 6.07) is 0. The fraction of sp³-hybridized carbons (Fsp3) is 0.200. The number of rotatable bonds is 3. The van der Waals surface area contributed by atoms with Crippen molar-refractivity contribution in [1.29, 1.82) is 0 Å². The Balaban J connectivity index is 0. The van der Waals surface area contributed by atoms with Gasteiger partial charge in [-0.25, -0.2) is 4.79 Å². The maximum Gasteiger partial charge on any atom is 0.330 e. The van der Waals surface area contributed by atoms with Gasteiger partial charge in [0.2, 0.25) is 0 Å². The van der Waals surface area contributed by atoms with Crippen molar-refractivity contribution in [3.63, 3.8) is 0 Å². The summed E-state index contributed by atoms with van der Waals surface area (Å²) in [5, 5.41) is 0. The molecule has 0 amide bonds. The summed E-state index contributed by atoms with van der Waals surface area (Å²) in [7, 11) is 0. The summed E-state index contributed by atoms with van der Waals surface area (Å²) in [5.74, 6) is -0.381. The molecule has 0 aromatic carbocycles. The summed E-state index contributed by atoms with van der Waals surface area (Å²) >= 11 is 0. The number of esters is 1. The predicted octanol–water partition coefficient (Wildman–Crippen LogP) is 2.25. The number of allylic oxidation sites excluding steroid dienone is 1. The van der Waals surface area contributed by atoms with Crippen LogP contribution in [-0.4, -0.2) is 12.6 Å². The summed E-state index contributed by atoms with van der Waals surface area (Å²) < 4.78 is 4.59. The number of carbonyl (C=O) groups is 1. The monoisotopic (exact) mass is 166 g/mol. The highest BCUT2D eigenvalue weighted by atomic mass is 16.5. The van der Waals surface area contributed by atoms with E-state index in [2.05, 4.69) is 30.2 Å². The number of carbonyl (C=O) groups excluding carboxylic acids is 1. The number of hydrogen-bond donors (Lipinski definition) is 0. The van der Waals surface area contributed by atoms with Gasteiger partial charge in [0, 0.05) is 6.08 Å². The first kappa shape index (κ1) is 13.1. The first-order valence-electron chi connectivity index (χ1n) is 3.42. The molecule has 2 heteroatoms. The van der Waals surface area contributed by atoms with E-state index in [4.69, 9.17) is 0 Å². The molecule has 0 aliphatic rings. The van der Waals surface area contributed by atoms with Gasteiger partial charge in [0.05, 0.1) is 0 Å². The van der Waals surface area contributed by atoms with Crippen molar-refractivity contribution in [2.45, 2.75) is 6.92 Å². The minimum Gasteiger partial charge on any atom is -0.458 e. The minimum absolute atomic E-state index is 0.335. The molecule has 12 heavy (non-hydrogen) atoms. The third-order valence-electron chi connectivity index (χ3n) is 0.724.